The van der Waals surface area contributed by atoms with Gasteiger partial charge in [-0.1, -0.05) is 5.16 Å². The molecule has 1 aliphatic rings. The van der Waals surface area contributed by atoms with Crippen LogP contribution in [0.1, 0.15) is 6.92 Å². The highest BCUT2D eigenvalue weighted by Crippen LogP contribution is 1.87. The highest BCUT2D eigenvalue weighted by atomic mass is 16.7. The standard InChI is InChI=1S/C4H6N2O2/c1-3-2-5-4(7)8-6-3/h2H2,1H3,(H,5,7). The molecule has 0 saturated heterocycles. The van der Waals surface area contributed by atoms with Crippen LogP contribution >= 0.6 is 0 Å². The lowest BCUT2D eigenvalue weighted by Crippen LogP contribution is -2.32. The van der Waals surface area contributed by atoms with Crippen molar-refractivity contribution in [2.24, 2.45) is 5.16 Å². The zero-order valence-electron chi connectivity index (χ0n) is 4.47. The molecule has 4 nitrogen and oxygen atoms in total. The van der Waals surface area contributed by atoms with Crippen molar-refractivity contribution in [3.8, 4) is 0 Å². The van der Waals surface area contributed by atoms with Crippen LogP contribution in [0.2, 0.25) is 0 Å². The van der Waals surface area contributed by atoms with Gasteiger partial charge in [0.25, 0.3) is 0 Å². The summed E-state index contributed by atoms with van der Waals surface area (Å²) in [6, 6.07) is 0. The van der Waals surface area contributed by atoms with Crippen molar-refractivity contribution in [3.05, 3.63) is 0 Å². The summed E-state index contributed by atoms with van der Waals surface area (Å²) >= 11 is 0. The SMILES string of the molecule is CC1=NOC(=O)NC1. The van der Waals surface area contributed by atoms with Crippen molar-refractivity contribution in [2.45, 2.75) is 6.92 Å². The number of carbonyl (C=O) groups is 1. The normalized spacial score (nSPS) is 18.6. The molecular formula is C4H6N2O2. The molecule has 0 radical (unpaired) electrons. The maximum absolute atomic E-state index is 10.2. The third kappa shape index (κ3) is 0.959. The summed E-state index contributed by atoms with van der Waals surface area (Å²) < 4.78 is 0. The Morgan fingerprint density at radius 2 is 2.62 bits per heavy atom. The van der Waals surface area contributed by atoms with Crippen molar-refractivity contribution >= 4 is 11.8 Å². The second-order valence-electron chi connectivity index (χ2n) is 1.56. The number of nitrogens with zero attached hydrogens (tertiary/aromatic N) is 1. The van der Waals surface area contributed by atoms with Gasteiger partial charge >= 0.3 is 6.09 Å². The highest BCUT2D eigenvalue weighted by Gasteiger charge is 2.06. The van der Waals surface area contributed by atoms with E-state index in [0.717, 1.165) is 5.71 Å². The van der Waals surface area contributed by atoms with Gasteiger partial charge in [0.05, 0.1) is 12.3 Å². The molecule has 0 saturated carbocycles. The Kier molecular flexibility index (Phi) is 1.15. The number of amides is 1. The van der Waals surface area contributed by atoms with Gasteiger partial charge in [-0.15, -0.1) is 0 Å². The van der Waals surface area contributed by atoms with E-state index in [1.54, 1.807) is 6.92 Å². The average Bonchev–Trinajstić information content (AvgIpc) is 1.77. The zero-order chi connectivity index (χ0) is 5.98. The topological polar surface area (TPSA) is 50.7 Å². The van der Waals surface area contributed by atoms with Gasteiger partial charge in [-0.05, 0) is 6.92 Å². The van der Waals surface area contributed by atoms with E-state index in [-0.39, 0.29) is 0 Å². The summed E-state index contributed by atoms with van der Waals surface area (Å²) in [5, 5.41) is 5.86. The van der Waals surface area contributed by atoms with Crippen LogP contribution in [-0.2, 0) is 4.84 Å². The van der Waals surface area contributed by atoms with E-state index < -0.39 is 6.09 Å². The Labute approximate surface area is 46.5 Å². The first-order valence-electron chi connectivity index (χ1n) is 2.27. The smallest absolute Gasteiger partial charge is 0.314 e. The lowest BCUT2D eigenvalue weighted by Gasteiger charge is -2.06. The van der Waals surface area contributed by atoms with Gasteiger partial charge in [-0.2, -0.15) is 0 Å². The van der Waals surface area contributed by atoms with Crippen molar-refractivity contribution < 1.29 is 9.63 Å². The van der Waals surface area contributed by atoms with Crippen molar-refractivity contribution in [1.82, 2.24) is 5.32 Å². The van der Waals surface area contributed by atoms with Crippen LogP contribution in [-0.4, -0.2) is 18.3 Å². The molecule has 0 aromatic rings. The van der Waals surface area contributed by atoms with Crippen LogP contribution in [0.25, 0.3) is 0 Å². The molecule has 44 valence electrons. The fraction of sp³-hybridized carbons (Fsp3) is 0.500. The van der Waals surface area contributed by atoms with Crippen LogP contribution in [0, 0.1) is 0 Å². The first kappa shape index (κ1) is 5.08. The number of rotatable bonds is 0. The summed E-state index contributed by atoms with van der Waals surface area (Å²) in [5.41, 5.74) is 0.782. The predicted molar refractivity (Wildman–Crippen MR) is 27.6 cm³/mol. The monoisotopic (exact) mass is 114 g/mol. The highest BCUT2D eigenvalue weighted by molar-refractivity contribution is 5.88. The van der Waals surface area contributed by atoms with Crippen LogP contribution in [0.5, 0.6) is 0 Å². The zero-order valence-corrected chi connectivity index (χ0v) is 4.47. The fourth-order valence-corrected chi connectivity index (χ4v) is 0.384. The quantitative estimate of drug-likeness (QED) is 0.454. The van der Waals surface area contributed by atoms with Gasteiger partial charge in [0.1, 0.15) is 0 Å². The lowest BCUT2D eigenvalue weighted by atomic mass is 10.4. The van der Waals surface area contributed by atoms with Gasteiger partial charge in [0.2, 0.25) is 0 Å². The molecule has 1 amide bonds. The summed E-state index contributed by atoms with van der Waals surface area (Å²) in [6.07, 6.45) is -0.476. The molecule has 0 atom stereocenters. The third-order valence-electron chi connectivity index (χ3n) is 0.773. The maximum Gasteiger partial charge on any atom is 0.433 e. The molecule has 1 N–H and O–H groups in total. The summed E-state index contributed by atoms with van der Waals surface area (Å²) in [6.45, 7) is 2.28. The van der Waals surface area contributed by atoms with E-state index in [1.165, 1.54) is 0 Å². The molecule has 1 aliphatic heterocycles. The molecule has 4 heteroatoms. The van der Waals surface area contributed by atoms with Crippen LogP contribution in [0.4, 0.5) is 4.79 Å². The summed E-state index contributed by atoms with van der Waals surface area (Å²) in [4.78, 5) is 14.4. The number of carbonyl (C=O) groups excluding carboxylic acids is 1. The molecular weight excluding hydrogens is 108 g/mol. The molecule has 0 bridgehead atoms. The molecule has 0 spiro atoms. The fourth-order valence-electron chi connectivity index (χ4n) is 0.384. The van der Waals surface area contributed by atoms with E-state index in [0.29, 0.717) is 6.54 Å². The minimum Gasteiger partial charge on any atom is -0.314 e. The van der Waals surface area contributed by atoms with E-state index >= 15 is 0 Å². The van der Waals surface area contributed by atoms with E-state index in [4.69, 9.17) is 0 Å². The van der Waals surface area contributed by atoms with E-state index in [2.05, 4.69) is 15.3 Å². The van der Waals surface area contributed by atoms with Crippen LogP contribution < -0.4 is 5.32 Å². The minimum atomic E-state index is -0.476. The molecule has 1 rings (SSSR count). The number of hydrogen-bond donors (Lipinski definition) is 1. The van der Waals surface area contributed by atoms with Gasteiger partial charge in [-0.25, -0.2) is 4.79 Å². The first-order chi connectivity index (χ1) is 3.79. The van der Waals surface area contributed by atoms with Crippen molar-refractivity contribution in [2.75, 3.05) is 6.54 Å². The largest absolute Gasteiger partial charge is 0.433 e. The maximum atomic E-state index is 10.2. The Bertz CT molecular complexity index is 141. The number of nitrogens with one attached hydrogen (secondary N) is 1. The molecule has 8 heavy (non-hydrogen) atoms. The molecule has 0 aliphatic carbocycles. The van der Waals surface area contributed by atoms with Gasteiger partial charge < -0.3 is 5.32 Å². The predicted octanol–water partition coefficient (Wildman–Crippen LogP) is 0.102. The number of oxime groups is 1. The Morgan fingerprint density at radius 1 is 1.88 bits per heavy atom. The van der Waals surface area contributed by atoms with Crippen LogP contribution in [0.3, 0.4) is 0 Å². The lowest BCUT2D eigenvalue weighted by molar-refractivity contribution is 0.146. The van der Waals surface area contributed by atoms with Crippen molar-refractivity contribution in [1.29, 1.82) is 0 Å². The van der Waals surface area contributed by atoms with Crippen molar-refractivity contribution in [3.63, 3.8) is 0 Å². The Balaban J connectivity index is 2.55. The second kappa shape index (κ2) is 1.81. The Morgan fingerprint density at radius 3 is 3.00 bits per heavy atom. The molecule has 1 heterocycles. The Hall–Kier alpha value is -1.06. The molecule has 0 unspecified atom stereocenters. The first-order valence-corrected chi connectivity index (χ1v) is 2.27. The second-order valence-corrected chi connectivity index (χ2v) is 1.56. The summed E-state index contributed by atoms with van der Waals surface area (Å²) in [7, 11) is 0. The average molecular weight is 114 g/mol. The summed E-state index contributed by atoms with van der Waals surface area (Å²) in [5.74, 6) is 0. The van der Waals surface area contributed by atoms with E-state index in [1.807, 2.05) is 0 Å². The number of hydrogen-bond acceptors (Lipinski definition) is 3. The molecule has 0 fully saturated rings. The molecule has 0 aromatic heterocycles. The molecule has 0 aromatic carbocycles. The van der Waals surface area contributed by atoms with E-state index in [9.17, 15) is 4.79 Å². The third-order valence-corrected chi connectivity index (χ3v) is 0.773. The van der Waals surface area contributed by atoms with Gasteiger partial charge in [-0.3, -0.25) is 4.84 Å². The van der Waals surface area contributed by atoms with Gasteiger partial charge in [0.15, 0.2) is 0 Å². The minimum absolute atomic E-state index is 0.476. The van der Waals surface area contributed by atoms with Gasteiger partial charge in [0, 0.05) is 0 Å². The van der Waals surface area contributed by atoms with Crippen LogP contribution in [0.15, 0.2) is 5.16 Å².